The molecule has 20 heavy (non-hydrogen) atoms. The number of benzene rings is 1. The lowest BCUT2D eigenvalue weighted by molar-refractivity contribution is 0.0935. The van der Waals surface area contributed by atoms with Gasteiger partial charge in [-0.1, -0.05) is 0 Å². The normalized spacial score (nSPS) is 11.9. The van der Waals surface area contributed by atoms with Crippen LogP contribution in [0.4, 0.5) is 0 Å². The Morgan fingerprint density at radius 2 is 2.25 bits per heavy atom. The highest BCUT2D eigenvalue weighted by Gasteiger charge is 2.18. The second-order valence-electron chi connectivity index (χ2n) is 4.38. The fourth-order valence-corrected chi connectivity index (χ4v) is 1.85. The molecule has 1 aromatic heterocycles. The number of methoxy groups -OCH3 is 1. The molecule has 0 fully saturated rings. The van der Waals surface area contributed by atoms with E-state index < -0.39 is 0 Å². The van der Waals surface area contributed by atoms with E-state index in [-0.39, 0.29) is 23.3 Å². The number of carbonyl (C=O) groups excluding carboxylic acids is 1. The van der Waals surface area contributed by atoms with Gasteiger partial charge in [0.05, 0.1) is 18.7 Å². The molecule has 7 heteroatoms. The fourth-order valence-electron chi connectivity index (χ4n) is 1.85. The first-order valence-electron chi connectivity index (χ1n) is 6.04. The molecule has 0 saturated carbocycles. The van der Waals surface area contributed by atoms with Crippen LogP contribution in [-0.4, -0.2) is 32.9 Å². The van der Waals surface area contributed by atoms with Gasteiger partial charge >= 0.3 is 0 Å². The molecule has 2 aromatic rings. The fraction of sp³-hybridized carbons (Fsp3) is 0.308. The number of hydrogen-bond acceptors (Lipinski definition) is 5. The summed E-state index contributed by atoms with van der Waals surface area (Å²) in [4.78, 5) is 12.1. The minimum absolute atomic E-state index is 0.132. The number of carbonyl (C=O) groups is 1. The number of ether oxygens (including phenoxy) is 1. The number of phenols is 1. The SMILES string of the molecule is COc1ccc(C(=O)NC(C)c2nncn2C)c(O)c1. The zero-order chi connectivity index (χ0) is 14.7. The first-order valence-corrected chi connectivity index (χ1v) is 6.04. The van der Waals surface area contributed by atoms with E-state index >= 15 is 0 Å². The summed E-state index contributed by atoms with van der Waals surface area (Å²) in [5, 5.41) is 20.3. The predicted molar refractivity (Wildman–Crippen MR) is 71.5 cm³/mol. The lowest BCUT2D eigenvalue weighted by Gasteiger charge is -2.14. The van der Waals surface area contributed by atoms with Crippen LogP contribution in [0.3, 0.4) is 0 Å². The number of nitrogens with zero attached hydrogens (tertiary/aromatic N) is 3. The van der Waals surface area contributed by atoms with Crippen molar-refractivity contribution in [1.82, 2.24) is 20.1 Å². The summed E-state index contributed by atoms with van der Waals surface area (Å²) in [6, 6.07) is 4.19. The van der Waals surface area contributed by atoms with Crippen LogP contribution < -0.4 is 10.1 Å². The first kappa shape index (κ1) is 13.9. The lowest BCUT2D eigenvalue weighted by atomic mass is 10.1. The van der Waals surface area contributed by atoms with Crippen molar-refractivity contribution in [3.63, 3.8) is 0 Å². The average Bonchev–Trinajstić information content (AvgIpc) is 2.84. The molecule has 2 rings (SSSR count). The van der Waals surface area contributed by atoms with Crippen molar-refractivity contribution in [2.45, 2.75) is 13.0 Å². The van der Waals surface area contributed by atoms with Gasteiger partial charge in [-0.3, -0.25) is 4.79 Å². The van der Waals surface area contributed by atoms with E-state index in [1.54, 1.807) is 30.9 Å². The number of aryl methyl sites for hydroxylation is 1. The van der Waals surface area contributed by atoms with Crippen LogP contribution in [-0.2, 0) is 7.05 Å². The molecule has 7 nitrogen and oxygen atoms in total. The smallest absolute Gasteiger partial charge is 0.255 e. The molecule has 0 aliphatic heterocycles. The number of aromatic hydroxyl groups is 1. The third-order valence-electron chi connectivity index (χ3n) is 2.93. The van der Waals surface area contributed by atoms with Gasteiger partial charge in [-0.05, 0) is 19.1 Å². The summed E-state index contributed by atoms with van der Waals surface area (Å²) in [7, 11) is 3.29. The van der Waals surface area contributed by atoms with Gasteiger partial charge in [-0.25, -0.2) is 0 Å². The van der Waals surface area contributed by atoms with Crippen LogP contribution in [0.1, 0.15) is 29.1 Å². The van der Waals surface area contributed by atoms with Crippen molar-refractivity contribution in [2.24, 2.45) is 7.05 Å². The van der Waals surface area contributed by atoms with Crippen molar-refractivity contribution < 1.29 is 14.6 Å². The van der Waals surface area contributed by atoms with E-state index in [9.17, 15) is 9.90 Å². The van der Waals surface area contributed by atoms with Crippen molar-refractivity contribution in [1.29, 1.82) is 0 Å². The van der Waals surface area contributed by atoms with E-state index in [2.05, 4.69) is 15.5 Å². The topological polar surface area (TPSA) is 89.3 Å². The Kier molecular flexibility index (Phi) is 3.88. The minimum Gasteiger partial charge on any atom is -0.507 e. The molecule has 1 amide bonds. The van der Waals surface area contributed by atoms with Crippen molar-refractivity contribution >= 4 is 5.91 Å². The Morgan fingerprint density at radius 3 is 2.80 bits per heavy atom. The van der Waals surface area contributed by atoms with E-state index in [1.165, 1.54) is 19.2 Å². The van der Waals surface area contributed by atoms with Crippen LogP contribution in [0.2, 0.25) is 0 Å². The third-order valence-corrected chi connectivity index (χ3v) is 2.93. The maximum atomic E-state index is 12.1. The average molecular weight is 276 g/mol. The van der Waals surface area contributed by atoms with Gasteiger partial charge in [-0.15, -0.1) is 10.2 Å². The van der Waals surface area contributed by atoms with Gasteiger partial charge in [0, 0.05) is 13.1 Å². The number of hydrogen-bond donors (Lipinski definition) is 2. The Labute approximate surface area is 116 Å². The van der Waals surface area contributed by atoms with E-state index in [0.29, 0.717) is 11.6 Å². The third kappa shape index (κ3) is 2.71. The van der Waals surface area contributed by atoms with E-state index in [0.717, 1.165) is 0 Å². The first-order chi connectivity index (χ1) is 9.52. The van der Waals surface area contributed by atoms with Crippen molar-refractivity contribution in [3.05, 3.63) is 35.9 Å². The number of aromatic nitrogens is 3. The quantitative estimate of drug-likeness (QED) is 0.870. The Hall–Kier alpha value is -2.57. The van der Waals surface area contributed by atoms with Crippen molar-refractivity contribution in [3.8, 4) is 11.5 Å². The molecule has 0 saturated heterocycles. The number of rotatable bonds is 4. The second-order valence-corrected chi connectivity index (χ2v) is 4.38. The molecule has 1 aromatic carbocycles. The maximum absolute atomic E-state index is 12.1. The Balaban J connectivity index is 2.14. The molecule has 0 aliphatic carbocycles. The van der Waals surface area contributed by atoms with Crippen LogP contribution in [0, 0.1) is 0 Å². The Bertz CT molecular complexity index is 624. The van der Waals surface area contributed by atoms with Gasteiger partial charge in [-0.2, -0.15) is 0 Å². The lowest BCUT2D eigenvalue weighted by Crippen LogP contribution is -2.28. The molecule has 1 heterocycles. The van der Waals surface area contributed by atoms with Gasteiger partial charge < -0.3 is 19.7 Å². The predicted octanol–water partition coefficient (Wildman–Crippen LogP) is 1.02. The number of nitrogens with one attached hydrogen (secondary N) is 1. The molecular formula is C13H16N4O3. The summed E-state index contributed by atoms with van der Waals surface area (Å²) in [6.45, 7) is 1.79. The zero-order valence-electron chi connectivity index (χ0n) is 11.5. The monoisotopic (exact) mass is 276 g/mol. The van der Waals surface area contributed by atoms with Crippen LogP contribution in [0.15, 0.2) is 24.5 Å². The molecular weight excluding hydrogens is 260 g/mol. The van der Waals surface area contributed by atoms with E-state index in [1.807, 2.05) is 0 Å². The molecule has 0 bridgehead atoms. The highest BCUT2D eigenvalue weighted by Crippen LogP contribution is 2.23. The zero-order valence-corrected chi connectivity index (χ0v) is 11.5. The van der Waals surface area contributed by atoms with Crippen LogP contribution >= 0.6 is 0 Å². The van der Waals surface area contributed by atoms with Gasteiger partial charge in [0.25, 0.3) is 5.91 Å². The molecule has 0 spiro atoms. The van der Waals surface area contributed by atoms with Gasteiger partial charge in [0.15, 0.2) is 5.82 Å². The summed E-state index contributed by atoms with van der Waals surface area (Å²) in [5.74, 6) is 0.597. The standard InChI is InChI=1S/C13H16N4O3/c1-8(12-16-14-7-17(12)2)15-13(19)10-5-4-9(20-3)6-11(10)18/h4-8,18H,1-3H3,(H,15,19). The largest absolute Gasteiger partial charge is 0.507 e. The van der Waals surface area contributed by atoms with Crippen molar-refractivity contribution in [2.75, 3.05) is 7.11 Å². The highest BCUT2D eigenvalue weighted by molar-refractivity contribution is 5.97. The molecule has 2 N–H and O–H groups in total. The van der Waals surface area contributed by atoms with Crippen LogP contribution in [0.5, 0.6) is 11.5 Å². The molecule has 106 valence electrons. The van der Waals surface area contributed by atoms with Gasteiger partial charge in [0.1, 0.15) is 17.8 Å². The van der Waals surface area contributed by atoms with E-state index in [4.69, 9.17) is 4.74 Å². The molecule has 1 atom stereocenters. The highest BCUT2D eigenvalue weighted by atomic mass is 16.5. The summed E-state index contributed by atoms with van der Waals surface area (Å²) in [6.07, 6.45) is 1.56. The maximum Gasteiger partial charge on any atom is 0.255 e. The summed E-state index contributed by atoms with van der Waals surface area (Å²) in [5.41, 5.74) is 0.180. The van der Waals surface area contributed by atoms with Gasteiger partial charge in [0.2, 0.25) is 0 Å². The number of amides is 1. The second kappa shape index (κ2) is 5.60. The summed E-state index contributed by atoms with van der Waals surface area (Å²) >= 11 is 0. The Morgan fingerprint density at radius 1 is 1.50 bits per heavy atom. The summed E-state index contributed by atoms with van der Waals surface area (Å²) < 4.78 is 6.69. The molecule has 1 unspecified atom stereocenters. The molecule has 0 radical (unpaired) electrons. The minimum atomic E-state index is -0.388. The number of phenolic OH excluding ortho intramolecular Hbond substituents is 1. The molecule has 0 aliphatic rings. The van der Waals surface area contributed by atoms with Crippen LogP contribution in [0.25, 0.3) is 0 Å².